The fraction of sp³-hybridized carbons (Fsp3) is 0.545. The van der Waals surface area contributed by atoms with Gasteiger partial charge in [0.1, 0.15) is 12.1 Å². The predicted molar refractivity (Wildman–Crippen MR) is 54.6 cm³/mol. The first-order valence-electron chi connectivity index (χ1n) is 5.40. The van der Waals surface area contributed by atoms with Crippen molar-refractivity contribution in [2.45, 2.75) is 24.7 Å². The van der Waals surface area contributed by atoms with Gasteiger partial charge in [-0.1, -0.05) is 12.2 Å². The number of aliphatic hydroxyl groups is 2. The van der Waals surface area contributed by atoms with E-state index in [1.165, 1.54) is 0 Å². The zero-order chi connectivity index (χ0) is 11.3. The van der Waals surface area contributed by atoms with Gasteiger partial charge in [0.15, 0.2) is 6.10 Å². The van der Waals surface area contributed by atoms with E-state index in [0.717, 1.165) is 12.0 Å². The lowest BCUT2D eigenvalue weighted by Gasteiger charge is -2.25. The maximum Gasteiger partial charge on any atom is 0.410 e. The molecule has 5 nitrogen and oxygen atoms in total. The molecule has 0 unspecified atom stereocenters. The normalized spacial score (nSPS) is 38.8. The monoisotopic (exact) mass is 223 g/mol. The van der Waals surface area contributed by atoms with E-state index in [1.807, 2.05) is 6.08 Å². The molecule has 0 aromatic rings. The van der Waals surface area contributed by atoms with E-state index in [2.05, 4.69) is 0 Å². The molecule has 2 fully saturated rings. The van der Waals surface area contributed by atoms with Crippen LogP contribution in [0, 0.1) is 0 Å². The lowest BCUT2D eigenvalue weighted by Crippen LogP contribution is -2.38. The molecule has 0 spiro atoms. The van der Waals surface area contributed by atoms with Gasteiger partial charge in [-0.3, -0.25) is 4.90 Å². The Morgan fingerprint density at radius 3 is 3.19 bits per heavy atom. The molecule has 1 aliphatic carbocycles. The van der Waals surface area contributed by atoms with Crippen LogP contribution in [0.3, 0.4) is 0 Å². The van der Waals surface area contributed by atoms with Crippen molar-refractivity contribution in [2.24, 2.45) is 0 Å². The molecular weight excluding hydrogens is 210 g/mol. The second-order valence-corrected chi connectivity index (χ2v) is 4.22. The maximum atomic E-state index is 11.5. The summed E-state index contributed by atoms with van der Waals surface area (Å²) in [5.74, 6) is 0. The molecule has 2 N–H and O–H groups in total. The number of carbonyl (C=O) groups is 1. The molecule has 0 bridgehead atoms. The zero-order valence-corrected chi connectivity index (χ0v) is 8.67. The number of carbonyl (C=O) groups excluding carboxylic acids is 1. The summed E-state index contributed by atoms with van der Waals surface area (Å²) in [5.41, 5.74) is 1.64. The Labute approximate surface area is 92.6 Å². The molecule has 0 aromatic carbocycles. The summed E-state index contributed by atoms with van der Waals surface area (Å²) in [5, 5.41) is 19.0. The number of hydrogen-bond acceptors (Lipinski definition) is 4. The van der Waals surface area contributed by atoms with E-state index in [9.17, 15) is 9.90 Å². The Balaban J connectivity index is 2.05. The summed E-state index contributed by atoms with van der Waals surface area (Å²) >= 11 is 0. The highest BCUT2D eigenvalue weighted by molar-refractivity contribution is 5.74. The van der Waals surface area contributed by atoms with Gasteiger partial charge in [0.05, 0.1) is 6.61 Å². The van der Waals surface area contributed by atoms with Gasteiger partial charge in [-0.2, -0.15) is 0 Å². The number of rotatable bonds is 1. The molecule has 2 heterocycles. The summed E-state index contributed by atoms with van der Waals surface area (Å²) in [7, 11) is 0. The van der Waals surface area contributed by atoms with Crippen molar-refractivity contribution in [1.29, 1.82) is 0 Å². The van der Waals surface area contributed by atoms with Crippen LogP contribution in [-0.4, -0.2) is 52.6 Å². The van der Waals surface area contributed by atoms with Crippen LogP contribution in [0.25, 0.3) is 0 Å². The third-order valence-electron chi connectivity index (χ3n) is 3.45. The van der Waals surface area contributed by atoms with Crippen LogP contribution in [0.2, 0.25) is 0 Å². The Bertz CT molecular complexity index is 401. The van der Waals surface area contributed by atoms with Crippen molar-refractivity contribution >= 4 is 6.09 Å². The van der Waals surface area contributed by atoms with Crippen molar-refractivity contribution in [2.75, 3.05) is 13.2 Å². The van der Waals surface area contributed by atoms with Crippen LogP contribution in [0.4, 0.5) is 4.79 Å². The van der Waals surface area contributed by atoms with Crippen LogP contribution >= 0.6 is 0 Å². The van der Waals surface area contributed by atoms with Crippen LogP contribution in [0.5, 0.6) is 0 Å². The molecule has 86 valence electrons. The number of ether oxygens (including phenoxy) is 1. The SMILES string of the molecule is O=C1O[C@@H]2[C@@H](O)/C(=C\CO)C3=CCCN1[C@@H]32. The zero-order valence-electron chi connectivity index (χ0n) is 8.67. The van der Waals surface area contributed by atoms with E-state index >= 15 is 0 Å². The smallest absolute Gasteiger partial charge is 0.410 e. The topological polar surface area (TPSA) is 70.0 Å². The van der Waals surface area contributed by atoms with E-state index in [0.29, 0.717) is 12.1 Å². The Kier molecular flexibility index (Phi) is 2.05. The van der Waals surface area contributed by atoms with Crippen LogP contribution < -0.4 is 0 Å². The number of amides is 1. The van der Waals surface area contributed by atoms with Gasteiger partial charge in [-0.25, -0.2) is 4.79 Å². The minimum Gasteiger partial charge on any atom is -0.440 e. The van der Waals surface area contributed by atoms with Gasteiger partial charge >= 0.3 is 6.09 Å². The van der Waals surface area contributed by atoms with Crippen molar-refractivity contribution < 1.29 is 19.7 Å². The number of aliphatic hydroxyl groups excluding tert-OH is 2. The van der Waals surface area contributed by atoms with Crippen LogP contribution in [0.1, 0.15) is 6.42 Å². The number of nitrogens with zero attached hydrogens (tertiary/aromatic N) is 1. The summed E-state index contributed by atoms with van der Waals surface area (Å²) in [4.78, 5) is 13.2. The summed E-state index contributed by atoms with van der Waals surface area (Å²) < 4.78 is 5.16. The third kappa shape index (κ3) is 1.10. The lowest BCUT2D eigenvalue weighted by molar-refractivity contribution is 0.0579. The van der Waals surface area contributed by atoms with E-state index in [4.69, 9.17) is 9.84 Å². The predicted octanol–water partition coefficient (Wildman–Crippen LogP) is -0.201. The highest BCUT2D eigenvalue weighted by Gasteiger charge is 2.55. The van der Waals surface area contributed by atoms with E-state index in [1.54, 1.807) is 11.0 Å². The highest BCUT2D eigenvalue weighted by Crippen LogP contribution is 2.43. The molecule has 2 aliphatic heterocycles. The summed E-state index contributed by atoms with van der Waals surface area (Å²) in [6.45, 7) is 0.528. The fourth-order valence-electron chi connectivity index (χ4n) is 2.81. The Morgan fingerprint density at radius 1 is 1.62 bits per heavy atom. The molecule has 16 heavy (non-hydrogen) atoms. The maximum absolute atomic E-state index is 11.5. The molecule has 3 atom stereocenters. The fourth-order valence-corrected chi connectivity index (χ4v) is 2.81. The first-order chi connectivity index (χ1) is 7.74. The van der Waals surface area contributed by atoms with Gasteiger partial charge < -0.3 is 14.9 Å². The first-order valence-corrected chi connectivity index (χ1v) is 5.40. The largest absolute Gasteiger partial charge is 0.440 e. The first kappa shape index (κ1) is 9.86. The molecule has 1 saturated heterocycles. The number of hydrogen-bond donors (Lipinski definition) is 2. The van der Waals surface area contributed by atoms with Gasteiger partial charge in [0.25, 0.3) is 0 Å². The van der Waals surface area contributed by atoms with Crippen LogP contribution in [0.15, 0.2) is 23.3 Å². The molecule has 1 saturated carbocycles. The third-order valence-corrected chi connectivity index (χ3v) is 3.45. The van der Waals surface area contributed by atoms with E-state index < -0.39 is 12.2 Å². The minimum atomic E-state index is -0.810. The van der Waals surface area contributed by atoms with Gasteiger partial charge in [0.2, 0.25) is 0 Å². The standard InChI is InChI=1S/C11H13NO4/c13-5-3-7-6-2-1-4-12-8(6)10(9(7)14)16-11(12)15/h2-3,8-10,13-14H,1,4-5H2/b7-3-/t8-,9-,10-/m0/s1. The summed E-state index contributed by atoms with van der Waals surface area (Å²) in [6, 6.07) is -0.158. The lowest BCUT2D eigenvalue weighted by atomic mass is 10.0. The van der Waals surface area contributed by atoms with Crippen LogP contribution in [-0.2, 0) is 4.74 Å². The molecular formula is C11H13NO4. The Hall–Kier alpha value is -1.33. The highest BCUT2D eigenvalue weighted by atomic mass is 16.6. The molecule has 5 heteroatoms. The minimum absolute atomic E-state index is 0.114. The van der Waals surface area contributed by atoms with Gasteiger partial charge in [0, 0.05) is 6.54 Å². The molecule has 0 aromatic heterocycles. The summed E-state index contributed by atoms with van der Waals surface area (Å²) in [6.07, 6.45) is 2.72. The van der Waals surface area contributed by atoms with Crippen molar-refractivity contribution in [3.05, 3.63) is 23.3 Å². The Morgan fingerprint density at radius 2 is 2.44 bits per heavy atom. The second-order valence-electron chi connectivity index (χ2n) is 4.22. The van der Waals surface area contributed by atoms with Crippen molar-refractivity contribution in [3.63, 3.8) is 0 Å². The molecule has 3 rings (SSSR count). The average molecular weight is 223 g/mol. The van der Waals surface area contributed by atoms with Gasteiger partial charge in [-0.05, 0) is 17.6 Å². The molecule has 1 amide bonds. The molecule has 3 aliphatic rings. The van der Waals surface area contributed by atoms with Gasteiger partial charge in [-0.15, -0.1) is 0 Å². The average Bonchev–Trinajstić information content (AvgIpc) is 2.75. The van der Waals surface area contributed by atoms with Crippen molar-refractivity contribution in [3.8, 4) is 0 Å². The quantitative estimate of drug-likeness (QED) is 0.646. The van der Waals surface area contributed by atoms with Crippen molar-refractivity contribution in [1.82, 2.24) is 4.90 Å². The second kappa shape index (κ2) is 3.33. The van der Waals surface area contributed by atoms with E-state index in [-0.39, 0.29) is 18.7 Å². The molecule has 0 radical (unpaired) electrons.